The number of benzene rings is 1. The Balaban J connectivity index is 2.59. The molecule has 1 aromatic carbocycles. The first-order chi connectivity index (χ1) is 9.22. The second-order valence-electron chi connectivity index (χ2n) is 4.24. The molecule has 0 saturated carbocycles. The molecule has 0 fully saturated rings. The van der Waals surface area contributed by atoms with Gasteiger partial charge in [0.25, 0.3) is 5.91 Å². The molecule has 0 unspecified atom stereocenters. The maximum Gasteiger partial charge on any atom is 0.260 e. The van der Waals surface area contributed by atoms with Crippen molar-refractivity contribution in [3.63, 3.8) is 0 Å². The van der Waals surface area contributed by atoms with Crippen LogP contribution in [-0.4, -0.2) is 37.0 Å². The van der Waals surface area contributed by atoms with Crippen LogP contribution in [0.5, 0.6) is 5.75 Å². The lowest BCUT2D eigenvalue weighted by molar-refractivity contribution is -0.132. The topological polar surface area (TPSA) is 41.6 Å². The molecule has 0 aromatic heterocycles. The summed E-state index contributed by atoms with van der Waals surface area (Å²) >= 11 is 0. The zero-order chi connectivity index (χ0) is 14.1. The summed E-state index contributed by atoms with van der Waals surface area (Å²) < 4.78 is 5.65. The van der Waals surface area contributed by atoms with Gasteiger partial charge in [0, 0.05) is 25.2 Å². The number of carbonyl (C=O) groups is 1. The lowest BCUT2D eigenvalue weighted by Gasteiger charge is -2.19. The van der Waals surface area contributed by atoms with Gasteiger partial charge in [-0.25, -0.2) is 0 Å². The third-order valence-corrected chi connectivity index (χ3v) is 3.01. The van der Waals surface area contributed by atoms with E-state index in [9.17, 15) is 4.79 Å². The van der Waals surface area contributed by atoms with E-state index in [0.717, 1.165) is 37.5 Å². The van der Waals surface area contributed by atoms with E-state index in [0.29, 0.717) is 0 Å². The van der Waals surface area contributed by atoms with E-state index in [2.05, 4.69) is 12.2 Å². The number of nitrogens with one attached hydrogen (secondary N) is 1. The van der Waals surface area contributed by atoms with Gasteiger partial charge < -0.3 is 15.0 Å². The molecule has 0 aliphatic rings. The molecule has 0 aliphatic carbocycles. The SMILES string of the molecule is CCNCc1ccccc1OCC(=O)N(CC)CC. The summed E-state index contributed by atoms with van der Waals surface area (Å²) in [6, 6.07) is 7.82. The number of ether oxygens (including phenoxy) is 1. The van der Waals surface area contributed by atoms with E-state index < -0.39 is 0 Å². The summed E-state index contributed by atoms with van der Waals surface area (Å²) in [5, 5.41) is 3.26. The van der Waals surface area contributed by atoms with Crippen LogP contribution in [0, 0.1) is 0 Å². The van der Waals surface area contributed by atoms with Crippen molar-refractivity contribution in [1.82, 2.24) is 10.2 Å². The average Bonchev–Trinajstić information content (AvgIpc) is 2.45. The number of rotatable bonds is 8. The molecule has 0 aliphatic heterocycles. The summed E-state index contributed by atoms with van der Waals surface area (Å²) in [6.45, 7) is 9.22. The molecule has 1 N–H and O–H groups in total. The number of likely N-dealkylation sites (N-methyl/N-ethyl adjacent to an activating group) is 1. The smallest absolute Gasteiger partial charge is 0.260 e. The van der Waals surface area contributed by atoms with Crippen molar-refractivity contribution < 1.29 is 9.53 Å². The summed E-state index contributed by atoms with van der Waals surface area (Å²) in [6.07, 6.45) is 0. The van der Waals surface area contributed by atoms with E-state index in [1.54, 1.807) is 4.90 Å². The van der Waals surface area contributed by atoms with Gasteiger partial charge in [0.1, 0.15) is 5.75 Å². The molecule has 106 valence electrons. The third kappa shape index (κ3) is 4.91. The number of amides is 1. The second kappa shape index (κ2) is 8.53. The highest BCUT2D eigenvalue weighted by molar-refractivity contribution is 5.77. The van der Waals surface area contributed by atoms with Gasteiger partial charge >= 0.3 is 0 Å². The molecule has 0 atom stereocenters. The first-order valence-corrected chi connectivity index (χ1v) is 6.92. The Hall–Kier alpha value is -1.55. The number of hydrogen-bond donors (Lipinski definition) is 1. The van der Waals surface area contributed by atoms with Crippen LogP contribution >= 0.6 is 0 Å². The standard InChI is InChI=1S/C15H24N2O2/c1-4-16-11-13-9-7-8-10-14(13)19-12-15(18)17(5-2)6-3/h7-10,16H,4-6,11-12H2,1-3H3. The monoisotopic (exact) mass is 264 g/mol. The molecule has 0 saturated heterocycles. The van der Waals surface area contributed by atoms with Crippen molar-refractivity contribution in [2.75, 3.05) is 26.2 Å². The lowest BCUT2D eigenvalue weighted by atomic mass is 10.2. The lowest BCUT2D eigenvalue weighted by Crippen LogP contribution is -2.34. The van der Waals surface area contributed by atoms with Gasteiger partial charge in [0.2, 0.25) is 0 Å². The quantitative estimate of drug-likeness (QED) is 0.781. The van der Waals surface area contributed by atoms with Crippen LogP contribution < -0.4 is 10.1 Å². The minimum absolute atomic E-state index is 0.0308. The van der Waals surface area contributed by atoms with Crippen LogP contribution in [0.4, 0.5) is 0 Å². The molecule has 19 heavy (non-hydrogen) atoms. The normalized spacial score (nSPS) is 10.3. The van der Waals surface area contributed by atoms with Crippen LogP contribution in [-0.2, 0) is 11.3 Å². The highest BCUT2D eigenvalue weighted by Crippen LogP contribution is 2.17. The number of nitrogens with zero attached hydrogens (tertiary/aromatic N) is 1. The van der Waals surface area contributed by atoms with Crippen molar-refractivity contribution in [3.8, 4) is 5.75 Å². The van der Waals surface area contributed by atoms with Crippen LogP contribution in [0.3, 0.4) is 0 Å². The van der Waals surface area contributed by atoms with Crippen molar-refractivity contribution in [2.24, 2.45) is 0 Å². The van der Waals surface area contributed by atoms with Crippen LogP contribution in [0.1, 0.15) is 26.3 Å². The van der Waals surface area contributed by atoms with Crippen LogP contribution in [0.25, 0.3) is 0 Å². The maximum absolute atomic E-state index is 11.9. The van der Waals surface area contributed by atoms with E-state index in [1.807, 2.05) is 38.1 Å². The molecule has 0 heterocycles. The molecule has 1 amide bonds. The van der Waals surface area contributed by atoms with E-state index in [4.69, 9.17) is 4.74 Å². The number of carbonyl (C=O) groups excluding carboxylic acids is 1. The number of hydrogen-bond acceptors (Lipinski definition) is 3. The molecule has 0 bridgehead atoms. The molecular weight excluding hydrogens is 240 g/mol. The average molecular weight is 264 g/mol. The highest BCUT2D eigenvalue weighted by Gasteiger charge is 2.11. The van der Waals surface area contributed by atoms with Gasteiger partial charge in [-0.2, -0.15) is 0 Å². The maximum atomic E-state index is 11.9. The molecule has 0 radical (unpaired) electrons. The first-order valence-electron chi connectivity index (χ1n) is 6.92. The van der Waals surface area contributed by atoms with E-state index in [-0.39, 0.29) is 12.5 Å². The van der Waals surface area contributed by atoms with Crippen molar-refractivity contribution in [1.29, 1.82) is 0 Å². The zero-order valence-corrected chi connectivity index (χ0v) is 12.1. The summed E-state index contributed by atoms with van der Waals surface area (Å²) in [7, 11) is 0. The van der Waals surface area contributed by atoms with Crippen LogP contribution in [0.15, 0.2) is 24.3 Å². The minimum Gasteiger partial charge on any atom is -0.483 e. The van der Waals surface area contributed by atoms with Crippen molar-refractivity contribution >= 4 is 5.91 Å². The number of para-hydroxylation sites is 1. The first kappa shape index (κ1) is 15.5. The van der Waals surface area contributed by atoms with Gasteiger partial charge in [-0.15, -0.1) is 0 Å². The summed E-state index contributed by atoms with van der Waals surface area (Å²) in [4.78, 5) is 13.7. The Kier molecular flexibility index (Phi) is 6.97. The van der Waals surface area contributed by atoms with Gasteiger partial charge in [-0.3, -0.25) is 4.79 Å². The zero-order valence-electron chi connectivity index (χ0n) is 12.1. The Morgan fingerprint density at radius 2 is 1.89 bits per heavy atom. The third-order valence-electron chi connectivity index (χ3n) is 3.01. The van der Waals surface area contributed by atoms with Gasteiger partial charge in [-0.05, 0) is 26.5 Å². The largest absolute Gasteiger partial charge is 0.483 e. The molecule has 4 heteroatoms. The Labute approximate surface area is 115 Å². The fourth-order valence-electron chi connectivity index (χ4n) is 1.86. The van der Waals surface area contributed by atoms with Gasteiger partial charge in [0.15, 0.2) is 6.61 Å². The van der Waals surface area contributed by atoms with Gasteiger partial charge in [-0.1, -0.05) is 25.1 Å². The van der Waals surface area contributed by atoms with E-state index >= 15 is 0 Å². The molecule has 0 spiro atoms. The van der Waals surface area contributed by atoms with Crippen molar-refractivity contribution in [2.45, 2.75) is 27.3 Å². The Morgan fingerprint density at radius 1 is 1.21 bits per heavy atom. The predicted octanol–water partition coefficient (Wildman–Crippen LogP) is 2.04. The molecule has 1 rings (SSSR count). The second-order valence-corrected chi connectivity index (χ2v) is 4.24. The molecule has 1 aromatic rings. The molecular formula is C15H24N2O2. The Morgan fingerprint density at radius 3 is 2.53 bits per heavy atom. The summed E-state index contributed by atoms with van der Waals surface area (Å²) in [5.41, 5.74) is 1.08. The molecule has 4 nitrogen and oxygen atoms in total. The highest BCUT2D eigenvalue weighted by atomic mass is 16.5. The summed E-state index contributed by atoms with van der Waals surface area (Å²) in [5.74, 6) is 0.812. The van der Waals surface area contributed by atoms with E-state index in [1.165, 1.54) is 0 Å². The fraction of sp³-hybridized carbons (Fsp3) is 0.533. The fourth-order valence-corrected chi connectivity index (χ4v) is 1.86. The van der Waals surface area contributed by atoms with Crippen molar-refractivity contribution in [3.05, 3.63) is 29.8 Å². The minimum atomic E-state index is 0.0308. The predicted molar refractivity (Wildman–Crippen MR) is 77.2 cm³/mol. The van der Waals surface area contributed by atoms with Gasteiger partial charge in [0.05, 0.1) is 0 Å². The Bertz CT molecular complexity index is 389. The van der Waals surface area contributed by atoms with Crippen LogP contribution in [0.2, 0.25) is 0 Å².